The van der Waals surface area contributed by atoms with E-state index in [1.807, 2.05) is 39.0 Å². The van der Waals surface area contributed by atoms with Crippen molar-refractivity contribution >= 4 is 34.3 Å². The summed E-state index contributed by atoms with van der Waals surface area (Å²) in [6.07, 6.45) is 4.66. The Hall–Kier alpha value is -4.99. The average molecular weight is 551 g/mol. The standard InChI is InChI=1S/C31H30N6O4/c1-31(2,3)41-30(39)36-18-16-35(17-19-36)23-7-4-21(5-8-23)22-6-9-24-26(20-22)32-13-12-27(24)40-29(38)25-10-11-28-33-14-15-37(28)34-25/h4-15,20H,16-19H2,1-3H3. The fourth-order valence-electron chi connectivity index (χ4n) is 4.81. The number of carbonyl (C=O) groups excluding carboxylic acids is 2. The minimum Gasteiger partial charge on any atom is -0.444 e. The van der Waals surface area contributed by atoms with Gasteiger partial charge in [0.25, 0.3) is 0 Å². The predicted octanol–water partition coefficient (Wildman–Crippen LogP) is 5.22. The number of amides is 1. The first-order valence-corrected chi connectivity index (χ1v) is 13.5. The van der Waals surface area contributed by atoms with Crippen LogP contribution in [0.3, 0.4) is 0 Å². The Morgan fingerprint density at radius 2 is 1.59 bits per heavy atom. The van der Waals surface area contributed by atoms with Gasteiger partial charge in [-0.25, -0.2) is 19.1 Å². The maximum Gasteiger partial charge on any atom is 0.410 e. The minimum absolute atomic E-state index is 0.184. The molecule has 1 saturated heterocycles. The third kappa shape index (κ3) is 5.67. The number of rotatable bonds is 4. The SMILES string of the molecule is CC(C)(C)OC(=O)N1CCN(c2ccc(-c3ccc4c(OC(=O)c5ccc6nccn6n5)ccnc4c3)cc2)CC1. The van der Waals surface area contributed by atoms with Crippen molar-refractivity contribution in [1.29, 1.82) is 0 Å². The van der Waals surface area contributed by atoms with Gasteiger partial charge in [-0.1, -0.05) is 18.2 Å². The Balaban J connectivity index is 1.14. The number of ether oxygens (including phenoxy) is 2. The van der Waals surface area contributed by atoms with E-state index in [1.54, 1.807) is 41.7 Å². The molecule has 1 fully saturated rings. The molecule has 3 aromatic heterocycles. The molecule has 5 aromatic rings. The lowest BCUT2D eigenvalue weighted by Gasteiger charge is -2.36. The van der Waals surface area contributed by atoms with Crippen molar-refractivity contribution in [2.75, 3.05) is 31.1 Å². The van der Waals surface area contributed by atoms with E-state index in [-0.39, 0.29) is 11.8 Å². The van der Waals surface area contributed by atoms with Gasteiger partial charge in [0.1, 0.15) is 11.4 Å². The molecule has 1 aliphatic rings. The first-order valence-electron chi connectivity index (χ1n) is 13.5. The Labute approximate surface area is 237 Å². The van der Waals surface area contributed by atoms with Crippen molar-refractivity contribution in [1.82, 2.24) is 24.5 Å². The number of imidazole rings is 1. The van der Waals surface area contributed by atoms with Crippen LogP contribution < -0.4 is 9.64 Å². The van der Waals surface area contributed by atoms with E-state index in [9.17, 15) is 9.59 Å². The molecule has 10 nitrogen and oxygen atoms in total. The molecule has 41 heavy (non-hydrogen) atoms. The quantitative estimate of drug-likeness (QED) is 0.281. The number of carbonyl (C=O) groups is 2. The monoisotopic (exact) mass is 550 g/mol. The molecule has 0 N–H and O–H groups in total. The van der Waals surface area contributed by atoms with Gasteiger partial charge < -0.3 is 19.3 Å². The fourth-order valence-corrected chi connectivity index (χ4v) is 4.81. The molecule has 208 valence electrons. The normalized spacial score (nSPS) is 13.9. The molecule has 0 radical (unpaired) electrons. The van der Waals surface area contributed by atoms with E-state index < -0.39 is 11.6 Å². The second-order valence-electron chi connectivity index (χ2n) is 10.9. The van der Waals surface area contributed by atoms with Gasteiger partial charge in [-0.3, -0.25) is 4.98 Å². The highest BCUT2D eigenvalue weighted by Crippen LogP contribution is 2.30. The number of nitrogens with zero attached hydrogens (tertiary/aromatic N) is 6. The number of esters is 1. The second-order valence-corrected chi connectivity index (χ2v) is 10.9. The number of pyridine rings is 1. The van der Waals surface area contributed by atoms with Crippen molar-refractivity contribution in [2.24, 2.45) is 0 Å². The molecule has 0 atom stereocenters. The van der Waals surface area contributed by atoms with Crippen molar-refractivity contribution in [2.45, 2.75) is 26.4 Å². The summed E-state index contributed by atoms with van der Waals surface area (Å²) in [6, 6.07) is 19.2. The van der Waals surface area contributed by atoms with Gasteiger partial charge in [-0.2, -0.15) is 5.10 Å². The van der Waals surface area contributed by atoms with Crippen LogP contribution in [0, 0.1) is 0 Å². The van der Waals surface area contributed by atoms with Crippen LogP contribution >= 0.6 is 0 Å². The number of anilines is 1. The molecule has 4 heterocycles. The highest BCUT2D eigenvalue weighted by Gasteiger charge is 2.26. The maximum absolute atomic E-state index is 12.8. The first-order chi connectivity index (χ1) is 19.7. The number of benzene rings is 2. The molecule has 1 aliphatic heterocycles. The van der Waals surface area contributed by atoms with Gasteiger partial charge in [0.2, 0.25) is 0 Å². The molecule has 2 aromatic carbocycles. The van der Waals surface area contributed by atoms with Crippen LogP contribution in [-0.2, 0) is 4.74 Å². The van der Waals surface area contributed by atoms with Gasteiger partial charge in [0, 0.05) is 55.8 Å². The van der Waals surface area contributed by atoms with Crippen LogP contribution in [0.5, 0.6) is 5.75 Å². The van der Waals surface area contributed by atoms with Crippen LogP contribution in [0.1, 0.15) is 31.3 Å². The topological polar surface area (TPSA) is 102 Å². The van der Waals surface area contributed by atoms with Crippen LogP contribution in [0.25, 0.3) is 27.7 Å². The van der Waals surface area contributed by atoms with Gasteiger partial charge in [-0.15, -0.1) is 0 Å². The molecule has 0 aliphatic carbocycles. The van der Waals surface area contributed by atoms with E-state index in [0.717, 1.165) is 35.3 Å². The minimum atomic E-state index is -0.556. The molecular weight excluding hydrogens is 520 g/mol. The lowest BCUT2D eigenvalue weighted by molar-refractivity contribution is 0.0240. The highest BCUT2D eigenvalue weighted by atomic mass is 16.6. The summed E-state index contributed by atoms with van der Waals surface area (Å²) in [6.45, 7) is 8.36. The molecule has 0 bridgehead atoms. The van der Waals surface area contributed by atoms with Gasteiger partial charge >= 0.3 is 12.1 Å². The van der Waals surface area contributed by atoms with Gasteiger partial charge in [-0.05, 0) is 74.4 Å². The third-order valence-electron chi connectivity index (χ3n) is 6.87. The van der Waals surface area contributed by atoms with Crippen LogP contribution in [-0.4, -0.2) is 68.3 Å². The molecular formula is C31H30N6O4. The number of hydrogen-bond donors (Lipinski definition) is 0. The Kier molecular flexibility index (Phi) is 6.74. The van der Waals surface area contributed by atoms with Crippen molar-refractivity contribution in [3.05, 3.63) is 84.9 Å². The Bertz CT molecular complexity index is 1730. The average Bonchev–Trinajstić information content (AvgIpc) is 3.44. The van der Waals surface area contributed by atoms with E-state index in [2.05, 4.69) is 44.2 Å². The summed E-state index contributed by atoms with van der Waals surface area (Å²) in [5.74, 6) is -0.139. The van der Waals surface area contributed by atoms with Gasteiger partial charge in [0.05, 0.1) is 5.52 Å². The summed E-state index contributed by atoms with van der Waals surface area (Å²) in [5, 5.41) is 5.00. The van der Waals surface area contributed by atoms with E-state index in [1.165, 1.54) is 4.52 Å². The lowest BCUT2D eigenvalue weighted by atomic mass is 10.0. The number of hydrogen-bond acceptors (Lipinski definition) is 8. The van der Waals surface area contributed by atoms with E-state index in [4.69, 9.17) is 9.47 Å². The van der Waals surface area contributed by atoms with Crippen LogP contribution in [0.2, 0.25) is 0 Å². The molecule has 0 unspecified atom stereocenters. The highest BCUT2D eigenvalue weighted by molar-refractivity contribution is 5.94. The Morgan fingerprint density at radius 1 is 0.829 bits per heavy atom. The molecule has 1 amide bonds. The van der Waals surface area contributed by atoms with Gasteiger partial charge in [0.15, 0.2) is 11.3 Å². The summed E-state index contributed by atoms with van der Waals surface area (Å²) in [4.78, 5) is 37.9. The van der Waals surface area contributed by atoms with Crippen molar-refractivity contribution in [3.63, 3.8) is 0 Å². The number of piperazine rings is 1. The molecule has 10 heteroatoms. The van der Waals surface area contributed by atoms with Crippen molar-refractivity contribution < 1.29 is 19.1 Å². The number of aromatic nitrogens is 4. The summed E-state index contributed by atoms with van der Waals surface area (Å²) in [5.41, 5.74) is 4.21. The zero-order valence-corrected chi connectivity index (χ0v) is 23.2. The number of fused-ring (bicyclic) bond motifs is 2. The van der Waals surface area contributed by atoms with Crippen molar-refractivity contribution in [3.8, 4) is 16.9 Å². The zero-order chi connectivity index (χ0) is 28.6. The zero-order valence-electron chi connectivity index (χ0n) is 23.2. The first kappa shape index (κ1) is 26.2. The summed E-state index contributed by atoms with van der Waals surface area (Å²) in [7, 11) is 0. The predicted molar refractivity (Wildman–Crippen MR) is 155 cm³/mol. The molecule has 0 spiro atoms. The smallest absolute Gasteiger partial charge is 0.410 e. The van der Waals surface area contributed by atoms with Crippen LogP contribution in [0.15, 0.2) is 79.3 Å². The summed E-state index contributed by atoms with van der Waals surface area (Å²) < 4.78 is 12.7. The lowest BCUT2D eigenvalue weighted by Crippen LogP contribution is -2.50. The Morgan fingerprint density at radius 3 is 2.34 bits per heavy atom. The second kappa shape index (κ2) is 10.5. The largest absolute Gasteiger partial charge is 0.444 e. The van der Waals surface area contributed by atoms with E-state index >= 15 is 0 Å². The third-order valence-corrected chi connectivity index (χ3v) is 6.87. The molecule has 0 saturated carbocycles. The van der Waals surface area contributed by atoms with E-state index in [0.29, 0.717) is 30.0 Å². The fraction of sp³-hybridized carbons (Fsp3) is 0.258. The maximum atomic E-state index is 12.8. The van der Waals surface area contributed by atoms with Crippen LogP contribution in [0.4, 0.5) is 10.5 Å². The molecule has 6 rings (SSSR count). The summed E-state index contributed by atoms with van der Waals surface area (Å²) >= 11 is 0.